The van der Waals surface area contributed by atoms with Crippen molar-refractivity contribution in [2.24, 2.45) is 11.3 Å². The zero-order valence-electron chi connectivity index (χ0n) is 12.9. The summed E-state index contributed by atoms with van der Waals surface area (Å²) in [7, 11) is 0. The second kappa shape index (κ2) is 5.30. The fourth-order valence-corrected chi connectivity index (χ4v) is 3.24. The summed E-state index contributed by atoms with van der Waals surface area (Å²) in [6, 6.07) is 0. The molecule has 1 aromatic rings. The third-order valence-electron chi connectivity index (χ3n) is 4.55. The molecule has 7 heteroatoms. The van der Waals surface area contributed by atoms with Crippen LogP contribution in [0.5, 0.6) is 5.88 Å². The number of aromatic nitrogens is 2. The number of aliphatic carboxylic acids is 1. The molecule has 1 unspecified atom stereocenters. The van der Waals surface area contributed by atoms with Crippen LogP contribution >= 0.6 is 0 Å². The smallest absolute Gasteiger partial charge is 0.308 e. The largest absolute Gasteiger partial charge is 0.481 e. The van der Waals surface area contributed by atoms with E-state index in [1.165, 1.54) is 6.20 Å². The molecule has 1 saturated heterocycles. The normalized spacial score (nSPS) is 23.5. The number of ether oxygens (including phenoxy) is 1. The predicted octanol–water partition coefficient (Wildman–Crippen LogP) is 1.24. The first-order valence-electron chi connectivity index (χ1n) is 7.61. The molecule has 2 aliphatic rings. The Balaban J connectivity index is 1.84. The zero-order valence-corrected chi connectivity index (χ0v) is 12.9. The van der Waals surface area contributed by atoms with E-state index in [4.69, 9.17) is 4.74 Å². The third kappa shape index (κ3) is 2.44. The molecule has 1 amide bonds. The van der Waals surface area contributed by atoms with E-state index < -0.39 is 17.3 Å². The number of carboxylic acid groups (broad SMARTS) is 1. The Morgan fingerprint density at radius 3 is 2.86 bits per heavy atom. The van der Waals surface area contributed by atoms with Gasteiger partial charge in [-0.3, -0.25) is 9.59 Å². The van der Waals surface area contributed by atoms with Crippen molar-refractivity contribution in [3.8, 4) is 5.88 Å². The third-order valence-corrected chi connectivity index (χ3v) is 4.55. The van der Waals surface area contributed by atoms with Gasteiger partial charge in [-0.25, -0.2) is 4.68 Å². The Hall–Kier alpha value is -2.05. The lowest BCUT2D eigenvalue weighted by Gasteiger charge is -2.21. The fourth-order valence-electron chi connectivity index (χ4n) is 3.24. The summed E-state index contributed by atoms with van der Waals surface area (Å²) in [6.45, 7) is 5.74. The average Bonchev–Trinajstić information content (AvgIpc) is 2.90. The topological polar surface area (TPSA) is 84.7 Å². The van der Waals surface area contributed by atoms with Crippen LogP contribution in [-0.4, -0.2) is 51.4 Å². The van der Waals surface area contributed by atoms with Crippen molar-refractivity contribution in [3.05, 3.63) is 11.8 Å². The number of carbonyl (C=O) groups is 2. The van der Waals surface area contributed by atoms with Crippen molar-refractivity contribution >= 4 is 11.9 Å². The van der Waals surface area contributed by atoms with Gasteiger partial charge in [0.05, 0.1) is 18.7 Å². The maximum absolute atomic E-state index is 12.7. The average molecular weight is 307 g/mol. The monoisotopic (exact) mass is 307 g/mol. The molecule has 0 aromatic carbocycles. The Bertz CT molecular complexity index is 608. The van der Waals surface area contributed by atoms with Crippen molar-refractivity contribution < 1.29 is 19.4 Å². The van der Waals surface area contributed by atoms with Crippen LogP contribution in [0.25, 0.3) is 0 Å². The highest BCUT2D eigenvalue weighted by molar-refractivity contribution is 5.97. The number of aryl methyl sites for hydroxylation is 1. The molecule has 1 atom stereocenters. The van der Waals surface area contributed by atoms with Crippen molar-refractivity contribution in [1.82, 2.24) is 14.7 Å². The van der Waals surface area contributed by atoms with Crippen molar-refractivity contribution in [3.63, 3.8) is 0 Å². The molecule has 0 spiro atoms. The molecule has 7 nitrogen and oxygen atoms in total. The van der Waals surface area contributed by atoms with Gasteiger partial charge in [-0.05, 0) is 18.3 Å². The van der Waals surface area contributed by atoms with Crippen molar-refractivity contribution in [2.75, 3.05) is 19.7 Å². The maximum Gasteiger partial charge on any atom is 0.308 e. The van der Waals surface area contributed by atoms with Gasteiger partial charge in [-0.1, -0.05) is 13.8 Å². The van der Waals surface area contributed by atoms with E-state index in [2.05, 4.69) is 5.10 Å². The second-order valence-corrected chi connectivity index (χ2v) is 6.71. The highest BCUT2D eigenvalue weighted by Gasteiger charge is 2.46. The van der Waals surface area contributed by atoms with Gasteiger partial charge in [-0.2, -0.15) is 5.10 Å². The summed E-state index contributed by atoms with van der Waals surface area (Å²) < 4.78 is 7.38. The van der Waals surface area contributed by atoms with Crippen LogP contribution in [-0.2, 0) is 11.3 Å². The molecule has 1 aromatic heterocycles. The van der Waals surface area contributed by atoms with Crippen LogP contribution in [0.2, 0.25) is 0 Å². The molecule has 0 aliphatic carbocycles. The lowest BCUT2D eigenvalue weighted by molar-refractivity contribution is -0.143. The molecule has 2 aliphatic heterocycles. The minimum absolute atomic E-state index is 0.194. The van der Waals surface area contributed by atoms with E-state index in [-0.39, 0.29) is 12.5 Å². The Morgan fingerprint density at radius 1 is 1.41 bits per heavy atom. The lowest BCUT2D eigenvalue weighted by Crippen LogP contribution is -2.30. The van der Waals surface area contributed by atoms with Gasteiger partial charge in [-0.15, -0.1) is 0 Å². The summed E-state index contributed by atoms with van der Waals surface area (Å²) >= 11 is 0. The van der Waals surface area contributed by atoms with Gasteiger partial charge >= 0.3 is 5.97 Å². The van der Waals surface area contributed by atoms with Crippen LogP contribution in [0.1, 0.15) is 37.0 Å². The standard InChI is InChI=1S/C15H21N3O4/c1-15(2)9-17(8-11(15)14(20)21)12(19)10-7-16-18-5-3-4-6-22-13(10)18/h7,11H,3-6,8-9H2,1-2H3,(H,20,21). The van der Waals surface area contributed by atoms with E-state index in [1.54, 1.807) is 9.58 Å². The summed E-state index contributed by atoms with van der Waals surface area (Å²) in [5, 5.41) is 13.6. The summed E-state index contributed by atoms with van der Waals surface area (Å²) in [5.41, 5.74) is -0.00401. The quantitative estimate of drug-likeness (QED) is 0.888. The van der Waals surface area contributed by atoms with Gasteiger partial charge in [0.1, 0.15) is 5.56 Å². The summed E-state index contributed by atoms with van der Waals surface area (Å²) in [5.74, 6) is -1.09. The van der Waals surface area contributed by atoms with E-state index in [0.717, 1.165) is 19.4 Å². The Labute approximate surface area is 128 Å². The van der Waals surface area contributed by atoms with Gasteiger partial charge in [0, 0.05) is 19.6 Å². The highest BCUT2D eigenvalue weighted by atomic mass is 16.5. The Morgan fingerprint density at radius 2 is 2.18 bits per heavy atom. The molecule has 1 N–H and O–H groups in total. The van der Waals surface area contributed by atoms with E-state index >= 15 is 0 Å². The number of rotatable bonds is 2. The SMILES string of the molecule is CC1(C)CN(C(=O)c2cnn3c2OCCCC3)CC1C(=O)O. The second-order valence-electron chi connectivity index (χ2n) is 6.71. The number of carbonyl (C=O) groups excluding carboxylic acids is 1. The molecule has 3 rings (SSSR count). The number of amides is 1. The molecular formula is C15H21N3O4. The minimum atomic E-state index is -0.856. The molecule has 3 heterocycles. The first kappa shape index (κ1) is 14.9. The lowest BCUT2D eigenvalue weighted by atomic mass is 9.82. The molecular weight excluding hydrogens is 286 g/mol. The van der Waals surface area contributed by atoms with Crippen LogP contribution in [0.4, 0.5) is 0 Å². The molecule has 120 valence electrons. The molecule has 22 heavy (non-hydrogen) atoms. The first-order valence-corrected chi connectivity index (χ1v) is 7.61. The summed E-state index contributed by atoms with van der Waals surface area (Å²) in [6.07, 6.45) is 3.44. The molecule has 0 radical (unpaired) electrons. The van der Waals surface area contributed by atoms with Gasteiger partial charge in [0.25, 0.3) is 5.91 Å². The summed E-state index contributed by atoms with van der Waals surface area (Å²) in [4.78, 5) is 25.7. The van der Waals surface area contributed by atoms with Crippen molar-refractivity contribution in [2.45, 2.75) is 33.2 Å². The van der Waals surface area contributed by atoms with Crippen LogP contribution < -0.4 is 4.74 Å². The Kier molecular flexibility index (Phi) is 3.58. The fraction of sp³-hybridized carbons (Fsp3) is 0.667. The zero-order chi connectivity index (χ0) is 15.9. The molecule has 0 saturated carbocycles. The molecule has 1 fully saturated rings. The van der Waals surface area contributed by atoms with Gasteiger partial charge in [0.15, 0.2) is 0 Å². The number of hydrogen-bond acceptors (Lipinski definition) is 4. The van der Waals surface area contributed by atoms with Crippen LogP contribution in [0.15, 0.2) is 6.20 Å². The van der Waals surface area contributed by atoms with Crippen molar-refractivity contribution in [1.29, 1.82) is 0 Å². The van der Waals surface area contributed by atoms with E-state index in [0.29, 0.717) is 24.6 Å². The van der Waals surface area contributed by atoms with E-state index in [1.807, 2.05) is 13.8 Å². The van der Waals surface area contributed by atoms with Gasteiger partial charge in [0.2, 0.25) is 5.88 Å². The number of carboxylic acids is 1. The maximum atomic E-state index is 12.7. The predicted molar refractivity (Wildman–Crippen MR) is 77.8 cm³/mol. The number of nitrogens with zero attached hydrogens (tertiary/aromatic N) is 3. The number of fused-ring (bicyclic) bond motifs is 1. The number of likely N-dealkylation sites (tertiary alicyclic amines) is 1. The molecule has 0 bridgehead atoms. The van der Waals surface area contributed by atoms with Crippen LogP contribution in [0, 0.1) is 11.3 Å². The highest BCUT2D eigenvalue weighted by Crippen LogP contribution is 2.37. The number of hydrogen-bond donors (Lipinski definition) is 1. The van der Waals surface area contributed by atoms with Gasteiger partial charge < -0.3 is 14.7 Å². The minimum Gasteiger partial charge on any atom is -0.481 e. The first-order chi connectivity index (χ1) is 10.4. The van der Waals surface area contributed by atoms with Crippen LogP contribution in [0.3, 0.4) is 0 Å². The van der Waals surface area contributed by atoms with E-state index in [9.17, 15) is 14.7 Å².